The average Bonchev–Trinajstić information content (AvgIpc) is 3.31. The second kappa shape index (κ2) is 10.7. The molecule has 2 N–H and O–H groups in total. The van der Waals surface area contributed by atoms with Crippen LogP contribution < -0.4 is 10.6 Å². The molecule has 4 saturated carbocycles. The normalized spacial score (nSPS) is 26.6. The van der Waals surface area contributed by atoms with E-state index in [2.05, 4.69) is 20.8 Å². The number of ether oxygens (including phenoxy) is 1. The van der Waals surface area contributed by atoms with Gasteiger partial charge in [0.15, 0.2) is 4.34 Å². The van der Waals surface area contributed by atoms with Gasteiger partial charge in [-0.25, -0.2) is 4.79 Å². The Labute approximate surface area is 225 Å². The Morgan fingerprint density at radius 1 is 1.05 bits per heavy atom. The minimum atomic E-state index is -0.617. The van der Waals surface area contributed by atoms with E-state index in [4.69, 9.17) is 4.74 Å². The summed E-state index contributed by atoms with van der Waals surface area (Å²) in [7, 11) is 1.36. The van der Waals surface area contributed by atoms with E-state index in [9.17, 15) is 14.4 Å². The molecule has 10 heteroatoms. The van der Waals surface area contributed by atoms with Crippen molar-refractivity contribution >= 4 is 46.0 Å². The summed E-state index contributed by atoms with van der Waals surface area (Å²) < 4.78 is 5.46. The van der Waals surface area contributed by atoms with Gasteiger partial charge in [0.25, 0.3) is 0 Å². The van der Waals surface area contributed by atoms with E-state index in [0.29, 0.717) is 34.2 Å². The van der Waals surface area contributed by atoms with E-state index in [1.807, 2.05) is 26.0 Å². The van der Waals surface area contributed by atoms with Gasteiger partial charge in [-0.2, -0.15) is 0 Å². The van der Waals surface area contributed by atoms with Crippen LogP contribution in [0.2, 0.25) is 0 Å². The molecular weight excluding hydrogens is 508 g/mol. The molecule has 0 spiro atoms. The van der Waals surface area contributed by atoms with Gasteiger partial charge in [-0.05, 0) is 79.9 Å². The minimum absolute atomic E-state index is 0.0485. The van der Waals surface area contributed by atoms with Gasteiger partial charge in [0, 0.05) is 11.2 Å². The number of carbonyl (C=O) groups is 3. The first-order valence-corrected chi connectivity index (χ1v) is 14.8. The lowest BCUT2D eigenvalue weighted by Gasteiger charge is -2.55. The molecule has 0 saturated heterocycles. The molecule has 4 bridgehead atoms. The Bertz CT molecular complexity index is 1130. The van der Waals surface area contributed by atoms with Gasteiger partial charge in [-0.1, -0.05) is 49.1 Å². The summed E-state index contributed by atoms with van der Waals surface area (Å²) in [6.07, 6.45) is 6.74. The highest BCUT2D eigenvalue weighted by Crippen LogP contribution is 2.60. The molecule has 8 nitrogen and oxygen atoms in total. The first-order chi connectivity index (χ1) is 17.7. The van der Waals surface area contributed by atoms with Crippen LogP contribution >= 0.6 is 23.1 Å². The zero-order chi connectivity index (χ0) is 26.2. The number of benzene rings is 1. The largest absolute Gasteiger partial charge is 0.465 e. The third-order valence-corrected chi connectivity index (χ3v) is 10.2. The average molecular weight is 543 g/mol. The lowest BCUT2D eigenvalue weighted by atomic mass is 9.49. The number of methoxy groups -OCH3 is 1. The van der Waals surface area contributed by atoms with Gasteiger partial charge in [0.2, 0.25) is 16.9 Å². The van der Waals surface area contributed by atoms with E-state index in [1.54, 1.807) is 12.1 Å². The van der Waals surface area contributed by atoms with Gasteiger partial charge in [0.05, 0.1) is 12.7 Å². The van der Waals surface area contributed by atoms with Crippen LogP contribution in [-0.2, 0) is 20.1 Å². The highest BCUT2D eigenvalue weighted by molar-refractivity contribution is 8.00. The zero-order valence-electron chi connectivity index (χ0n) is 21.5. The fraction of sp³-hybridized carbons (Fsp3) is 0.593. The topological polar surface area (TPSA) is 110 Å². The first kappa shape index (κ1) is 26.2. The van der Waals surface area contributed by atoms with Gasteiger partial charge >= 0.3 is 5.97 Å². The number of nitrogens with one attached hydrogen (secondary N) is 2. The Kier molecular flexibility index (Phi) is 7.58. The van der Waals surface area contributed by atoms with Crippen molar-refractivity contribution in [2.45, 2.75) is 68.5 Å². The number of hydrogen-bond donors (Lipinski definition) is 2. The standard InChI is InChI=1S/C27H34N4O4S2/c1-15(2)21(28-24(34)27-11-17-8-18(12-27)10-19(9-17)13-27)22(32)29-25-30-31-26(37-25)36-14-16-4-6-20(7-5-16)23(33)35-3/h4-7,15,17-19,21H,8-14H2,1-3H3,(H,28,34)(H,29,30,32)/t17?,18?,19?,21-,27?/m0/s1. The Hall–Kier alpha value is -2.46. The summed E-state index contributed by atoms with van der Waals surface area (Å²) in [4.78, 5) is 38.3. The second-order valence-corrected chi connectivity index (χ2v) is 13.4. The van der Waals surface area contributed by atoms with Crippen LogP contribution in [0.15, 0.2) is 28.6 Å². The minimum Gasteiger partial charge on any atom is -0.465 e. The highest BCUT2D eigenvalue weighted by Gasteiger charge is 2.55. The number of hydrogen-bond acceptors (Lipinski definition) is 8. The van der Waals surface area contributed by atoms with E-state index in [0.717, 1.165) is 29.2 Å². The van der Waals surface area contributed by atoms with Crippen LogP contribution in [0.4, 0.5) is 5.13 Å². The van der Waals surface area contributed by atoms with Crippen LogP contribution in [0.3, 0.4) is 0 Å². The molecule has 2 amide bonds. The van der Waals surface area contributed by atoms with Gasteiger partial charge in [-0.3, -0.25) is 14.9 Å². The molecule has 1 aromatic carbocycles. The lowest BCUT2D eigenvalue weighted by Crippen LogP contribution is -2.57. The first-order valence-electron chi connectivity index (χ1n) is 13.0. The molecule has 1 aromatic heterocycles. The third-order valence-electron chi connectivity index (χ3n) is 8.13. The molecule has 4 fully saturated rings. The maximum absolute atomic E-state index is 13.5. The molecule has 6 rings (SSSR count). The molecular formula is C27H34N4O4S2. The Morgan fingerprint density at radius 2 is 1.68 bits per heavy atom. The van der Waals surface area contributed by atoms with Crippen molar-refractivity contribution in [2.75, 3.05) is 12.4 Å². The number of anilines is 1. The number of esters is 1. The fourth-order valence-electron chi connectivity index (χ4n) is 6.72. The van der Waals surface area contributed by atoms with Crippen LogP contribution in [0, 0.1) is 29.1 Å². The van der Waals surface area contributed by atoms with Crippen LogP contribution in [0.5, 0.6) is 0 Å². The van der Waals surface area contributed by atoms with Crippen molar-refractivity contribution < 1.29 is 19.1 Å². The quantitative estimate of drug-likeness (QED) is 0.263. The van der Waals surface area contributed by atoms with E-state index in [-0.39, 0.29) is 29.1 Å². The molecule has 2 aromatic rings. The molecule has 4 aliphatic rings. The Morgan fingerprint density at radius 3 is 2.24 bits per heavy atom. The molecule has 1 atom stereocenters. The van der Waals surface area contributed by atoms with Crippen LogP contribution in [0.1, 0.15) is 68.3 Å². The molecule has 198 valence electrons. The lowest BCUT2D eigenvalue weighted by molar-refractivity contribution is -0.148. The summed E-state index contributed by atoms with van der Waals surface area (Å²) >= 11 is 2.82. The van der Waals surface area contributed by atoms with Gasteiger partial charge in [-0.15, -0.1) is 10.2 Å². The maximum Gasteiger partial charge on any atom is 0.337 e. The fourth-order valence-corrected chi connectivity index (χ4v) is 8.43. The van der Waals surface area contributed by atoms with Gasteiger partial charge < -0.3 is 10.1 Å². The van der Waals surface area contributed by atoms with Crippen molar-refractivity contribution in [3.63, 3.8) is 0 Å². The summed E-state index contributed by atoms with van der Waals surface area (Å²) in [5, 5.41) is 14.7. The molecule has 4 aliphatic carbocycles. The van der Waals surface area contributed by atoms with E-state index >= 15 is 0 Å². The van der Waals surface area contributed by atoms with E-state index in [1.165, 1.54) is 49.5 Å². The van der Waals surface area contributed by atoms with Gasteiger partial charge in [0.1, 0.15) is 6.04 Å². The highest BCUT2D eigenvalue weighted by atomic mass is 32.2. The Balaban J connectivity index is 1.16. The van der Waals surface area contributed by atoms with Crippen molar-refractivity contribution in [2.24, 2.45) is 29.1 Å². The molecule has 0 aliphatic heterocycles. The second-order valence-electron chi connectivity index (χ2n) is 11.2. The third kappa shape index (κ3) is 5.70. The number of rotatable bonds is 9. The van der Waals surface area contributed by atoms with Crippen molar-refractivity contribution in [1.29, 1.82) is 0 Å². The van der Waals surface area contributed by atoms with Crippen LogP contribution in [-0.4, -0.2) is 41.1 Å². The van der Waals surface area contributed by atoms with Crippen molar-refractivity contribution in [3.05, 3.63) is 35.4 Å². The number of carbonyl (C=O) groups excluding carboxylic acids is 3. The predicted octanol–water partition coefficient (Wildman–Crippen LogP) is 4.91. The number of nitrogens with zero attached hydrogens (tertiary/aromatic N) is 2. The summed E-state index contributed by atoms with van der Waals surface area (Å²) in [6.45, 7) is 3.91. The number of aromatic nitrogens is 2. The van der Waals surface area contributed by atoms with Crippen molar-refractivity contribution in [3.8, 4) is 0 Å². The predicted molar refractivity (Wildman–Crippen MR) is 143 cm³/mol. The molecule has 37 heavy (non-hydrogen) atoms. The SMILES string of the molecule is COC(=O)c1ccc(CSc2nnc(NC(=O)[C@@H](NC(=O)C34CC5CC(CC(C5)C3)C4)C(C)C)s2)cc1. The number of amides is 2. The maximum atomic E-state index is 13.5. The zero-order valence-corrected chi connectivity index (χ0v) is 23.1. The summed E-state index contributed by atoms with van der Waals surface area (Å²) in [5.41, 5.74) is 1.25. The smallest absolute Gasteiger partial charge is 0.337 e. The summed E-state index contributed by atoms with van der Waals surface area (Å²) in [5.74, 6) is 2.07. The van der Waals surface area contributed by atoms with E-state index < -0.39 is 6.04 Å². The number of thioether (sulfide) groups is 1. The molecule has 1 heterocycles. The molecule has 0 radical (unpaired) electrons. The molecule has 0 unspecified atom stereocenters. The van der Waals surface area contributed by atoms with Crippen molar-refractivity contribution in [1.82, 2.24) is 15.5 Å². The monoisotopic (exact) mass is 542 g/mol. The summed E-state index contributed by atoms with van der Waals surface area (Å²) in [6, 6.07) is 6.61. The van der Waals surface area contributed by atoms with Crippen LogP contribution in [0.25, 0.3) is 0 Å².